The number of aryl methyl sites for hydroxylation is 1. The number of aliphatic hydroxyl groups is 1. The Kier molecular flexibility index (Phi) is 3.42. The van der Waals surface area contributed by atoms with E-state index in [2.05, 4.69) is 0 Å². The van der Waals surface area contributed by atoms with Crippen LogP contribution in [0.25, 0.3) is 11.1 Å². The Labute approximate surface area is 139 Å². The van der Waals surface area contributed by atoms with Gasteiger partial charge in [-0.05, 0) is 37.8 Å². The third-order valence-corrected chi connectivity index (χ3v) is 7.17. The SMILES string of the molecule is Cn1c(=O)oc2cc(S(=O)(=O)N3CCCC(C4(O)CC4)C3)ccc21. The molecule has 1 aromatic heterocycles. The van der Waals surface area contributed by atoms with Crippen LogP contribution in [-0.2, 0) is 17.1 Å². The molecule has 1 saturated carbocycles. The summed E-state index contributed by atoms with van der Waals surface area (Å²) in [5, 5.41) is 10.3. The fraction of sp³-hybridized carbons (Fsp3) is 0.562. The Morgan fingerprint density at radius 1 is 1.33 bits per heavy atom. The van der Waals surface area contributed by atoms with E-state index in [1.165, 1.54) is 21.0 Å². The van der Waals surface area contributed by atoms with Crippen molar-refractivity contribution in [3.05, 3.63) is 28.7 Å². The summed E-state index contributed by atoms with van der Waals surface area (Å²) in [7, 11) is -2.09. The molecule has 0 radical (unpaired) electrons. The number of rotatable bonds is 3. The average molecular weight is 352 g/mol. The molecule has 0 spiro atoms. The summed E-state index contributed by atoms with van der Waals surface area (Å²) in [5.41, 5.74) is 0.144. The summed E-state index contributed by atoms with van der Waals surface area (Å²) in [6.45, 7) is 0.793. The van der Waals surface area contributed by atoms with Crippen LogP contribution in [0.2, 0.25) is 0 Å². The predicted octanol–water partition coefficient (Wildman–Crippen LogP) is 1.06. The van der Waals surface area contributed by atoms with E-state index in [-0.39, 0.29) is 16.4 Å². The second kappa shape index (κ2) is 5.18. The number of hydrogen-bond acceptors (Lipinski definition) is 5. The van der Waals surface area contributed by atoms with Crippen LogP contribution in [0.5, 0.6) is 0 Å². The van der Waals surface area contributed by atoms with Crippen molar-refractivity contribution in [2.75, 3.05) is 13.1 Å². The zero-order valence-corrected chi connectivity index (χ0v) is 14.3. The van der Waals surface area contributed by atoms with Crippen molar-refractivity contribution >= 4 is 21.1 Å². The van der Waals surface area contributed by atoms with Crippen LogP contribution in [0, 0.1) is 5.92 Å². The zero-order valence-electron chi connectivity index (χ0n) is 13.4. The molecule has 24 heavy (non-hydrogen) atoms. The molecule has 1 aromatic carbocycles. The van der Waals surface area contributed by atoms with E-state index < -0.39 is 21.4 Å². The fourth-order valence-electron chi connectivity index (χ4n) is 3.56. The Bertz CT molecular complexity index is 954. The summed E-state index contributed by atoms with van der Waals surface area (Å²) < 4.78 is 33.7. The van der Waals surface area contributed by atoms with Crippen LogP contribution < -0.4 is 5.76 Å². The summed E-state index contributed by atoms with van der Waals surface area (Å²) in [4.78, 5) is 11.7. The van der Waals surface area contributed by atoms with Gasteiger partial charge in [-0.1, -0.05) is 0 Å². The number of sulfonamides is 1. The minimum atomic E-state index is -3.67. The van der Waals surface area contributed by atoms with Gasteiger partial charge < -0.3 is 9.52 Å². The van der Waals surface area contributed by atoms with Crippen LogP contribution in [0.3, 0.4) is 0 Å². The van der Waals surface area contributed by atoms with Crippen molar-refractivity contribution in [3.63, 3.8) is 0 Å². The first-order valence-electron chi connectivity index (χ1n) is 8.13. The van der Waals surface area contributed by atoms with Gasteiger partial charge in [0.15, 0.2) is 5.58 Å². The highest BCUT2D eigenvalue weighted by Gasteiger charge is 2.49. The average Bonchev–Trinajstić information content (AvgIpc) is 3.26. The molecule has 0 bridgehead atoms. The third kappa shape index (κ3) is 2.40. The molecule has 4 rings (SSSR count). The van der Waals surface area contributed by atoms with Gasteiger partial charge >= 0.3 is 5.76 Å². The van der Waals surface area contributed by atoms with E-state index in [1.807, 2.05) is 0 Å². The van der Waals surface area contributed by atoms with Crippen LogP contribution >= 0.6 is 0 Å². The van der Waals surface area contributed by atoms with Crippen molar-refractivity contribution < 1.29 is 17.9 Å². The lowest BCUT2D eigenvalue weighted by Gasteiger charge is -2.34. The topological polar surface area (TPSA) is 92.8 Å². The number of nitrogens with zero attached hydrogens (tertiary/aromatic N) is 2. The van der Waals surface area contributed by atoms with Gasteiger partial charge in [-0.15, -0.1) is 0 Å². The molecule has 130 valence electrons. The Morgan fingerprint density at radius 3 is 2.79 bits per heavy atom. The largest absolute Gasteiger partial charge is 0.419 e. The van der Waals surface area contributed by atoms with E-state index in [1.54, 1.807) is 13.1 Å². The molecular formula is C16H20N2O5S. The van der Waals surface area contributed by atoms with Crippen LogP contribution in [0.1, 0.15) is 25.7 Å². The van der Waals surface area contributed by atoms with E-state index in [4.69, 9.17) is 4.42 Å². The lowest BCUT2D eigenvalue weighted by atomic mass is 9.92. The number of hydrogen-bond donors (Lipinski definition) is 1. The summed E-state index contributed by atoms with van der Waals surface area (Å²) in [6, 6.07) is 4.49. The lowest BCUT2D eigenvalue weighted by Crippen LogP contribution is -2.44. The van der Waals surface area contributed by atoms with Crippen molar-refractivity contribution in [3.8, 4) is 0 Å². The maximum Gasteiger partial charge on any atom is 0.419 e. The smallest absolute Gasteiger partial charge is 0.408 e. The number of aromatic nitrogens is 1. The molecule has 1 aliphatic carbocycles. The van der Waals surface area contributed by atoms with Gasteiger partial charge in [0.25, 0.3) is 0 Å². The molecular weight excluding hydrogens is 332 g/mol. The van der Waals surface area contributed by atoms with Crippen molar-refractivity contribution in [2.45, 2.75) is 36.2 Å². The maximum atomic E-state index is 12.9. The van der Waals surface area contributed by atoms with Gasteiger partial charge in [-0.25, -0.2) is 13.2 Å². The molecule has 2 heterocycles. The number of fused-ring (bicyclic) bond motifs is 1. The molecule has 1 saturated heterocycles. The van der Waals surface area contributed by atoms with Gasteiger partial charge in [-0.2, -0.15) is 4.31 Å². The van der Waals surface area contributed by atoms with Crippen molar-refractivity contribution in [1.82, 2.24) is 8.87 Å². The third-order valence-electron chi connectivity index (χ3n) is 5.31. The van der Waals surface area contributed by atoms with E-state index in [9.17, 15) is 18.3 Å². The fourth-order valence-corrected chi connectivity index (χ4v) is 5.10. The van der Waals surface area contributed by atoms with Gasteiger partial charge in [0, 0.05) is 32.1 Å². The Morgan fingerprint density at radius 2 is 2.08 bits per heavy atom. The van der Waals surface area contributed by atoms with E-state index >= 15 is 0 Å². The molecule has 1 N–H and O–H groups in total. The second-order valence-electron chi connectivity index (χ2n) is 6.86. The molecule has 1 unspecified atom stereocenters. The highest BCUT2D eigenvalue weighted by Crippen LogP contribution is 2.46. The molecule has 2 aliphatic rings. The maximum absolute atomic E-state index is 12.9. The van der Waals surface area contributed by atoms with Gasteiger partial charge in [0.2, 0.25) is 10.0 Å². The predicted molar refractivity (Wildman–Crippen MR) is 87.1 cm³/mol. The highest BCUT2D eigenvalue weighted by atomic mass is 32.2. The molecule has 0 amide bonds. The first kappa shape index (κ1) is 15.9. The van der Waals surface area contributed by atoms with Crippen molar-refractivity contribution in [1.29, 1.82) is 0 Å². The first-order valence-corrected chi connectivity index (χ1v) is 9.57. The normalized spacial score (nSPS) is 24.3. The molecule has 8 heteroatoms. The van der Waals surface area contributed by atoms with Gasteiger partial charge in [0.1, 0.15) is 0 Å². The van der Waals surface area contributed by atoms with Crippen molar-refractivity contribution in [2.24, 2.45) is 13.0 Å². The number of piperidine rings is 1. The first-order chi connectivity index (χ1) is 11.3. The Balaban J connectivity index is 1.68. The summed E-state index contributed by atoms with van der Waals surface area (Å²) in [5.74, 6) is -0.520. The lowest BCUT2D eigenvalue weighted by molar-refractivity contribution is 0.0514. The molecule has 2 aromatic rings. The van der Waals surface area contributed by atoms with Crippen LogP contribution in [0.4, 0.5) is 0 Å². The van der Waals surface area contributed by atoms with E-state index in [0.717, 1.165) is 25.7 Å². The molecule has 1 aliphatic heterocycles. The minimum absolute atomic E-state index is 0.000543. The van der Waals surface area contributed by atoms with Crippen LogP contribution in [-0.4, -0.2) is 41.1 Å². The van der Waals surface area contributed by atoms with Gasteiger partial charge in [-0.3, -0.25) is 4.57 Å². The molecule has 1 atom stereocenters. The highest BCUT2D eigenvalue weighted by molar-refractivity contribution is 7.89. The standard InChI is InChI=1S/C16H20N2O5S/c1-17-13-5-4-12(9-14(13)23-15(17)19)24(21,22)18-8-2-3-11(10-18)16(20)6-7-16/h4-5,9,11,20H,2-3,6-8,10H2,1H3. The quantitative estimate of drug-likeness (QED) is 0.891. The Hall–Kier alpha value is -1.64. The van der Waals surface area contributed by atoms with Crippen LogP contribution in [0.15, 0.2) is 32.3 Å². The summed E-state index contributed by atoms with van der Waals surface area (Å²) >= 11 is 0. The number of benzene rings is 1. The van der Waals surface area contributed by atoms with E-state index in [0.29, 0.717) is 18.6 Å². The monoisotopic (exact) mass is 352 g/mol. The summed E-state index contributed by atoms with van der Waals surface area (Å²) in [6.07, 6.45) is 3.11. The molecule has 7 nitrogen and oxygen atoms in total. The molecule has 2 fully saturated rings. The zero-order chi connectivity index (χ0) is 17.1. The minimum Gasteiger partial charge on any atom is -0.408 e. The van der Waals surface area contributed by atoms with Gasteiger partial charge in [0.05, 0.1) is 16.0 Å². The second-order valence-corrected chi connectivity index (χ2v) is 8.80. The number of oxazole rings is 1.